The summed E-state index contributed by atoms with van der Waals surface area (Å²) in [5, 5.41) is 11.9. The Labute approximate surface area is 95.3 Å². The average molecular weight is 216 g/mol. The van der Waals surface area contributed by atoms with Crippen molar-refractivity contribution in [3.05, 3.63) is 42.2 Å². The second-order valence-electron chi connectivity index (χ2n) is 3.64. The van der Waals surface area contributed by atoms with Crippen LogP contribution in [0.15, 0.2) is 36.5 Å². The molecule has 1 aromatic heterocycles. The lowest BCUT2D eigenvalue weighted by atomic mass is 10.3. The first-order chi connectivity index (χ1) is 7.90. The van der Waals surface area contributed by atoms with Gasteiger partial charge in [0.05, 0.1) is 17.6 Å². The average Bonchev–Trinajstić information content (AvgIpc) is 2.79. The minimum Gasteiger partial charge on any atom is -0.311 e. The SMILES string of the molecule is CCCNCc1cnn(-c2ccccc2)n1. The lowest BCUT2D eigenvalue weighted by Gasteiger charge is -1.99. The molecular formula is C12H16N4. The second kappa shape index (κ2) is 5.42. The molecule has 0 fully saturated rings. The van der Waals surface area contributed by atoms with E-state index >= 15 is 0 Å². The van der Waals surface area contributed by atoms with E-state index in [2.05, 4.69) is 22.4 Å². The van der Waals surface area contributed by atoms with Crippen LogP contribution in [-0.2, 0) is 6.54 Å². The van der Waals surface area contributed by atoms with Crippen LogP contribution in [0.5, 0.6) is 0 Å². The third-order valence-corrected chi connectivity index (χ3v) is 2.26. The van der Waals surface area contributed by atoms with Crippen LogP contribution in [0, 0.1) is 0 Å². The molecule has 1 aromatic carbocycles. The number of hydrogen-bond donors (Lipinski definition) is 1. The van der Waals surface area contributed by atoms with E-state index in [1.54, 1.807) is 11.0 Å². The highest BCUT2D eigenvalue weighted by atomic mass is 15.5. The zero-order chi connectivity index (χ0) is 11.2. The van der Waals surface area contributed by atoms with E-state index in [1.165, 1.54) is 0 Å². The molecular weight excluding hydrogens is 200 g/mol. The summed E-state index contributed by atoms with van der Waals surface area (Å²) in [5.74, 6) is 0. The summed E-state index contributed by atoms with van der Waals surface area (Å²) in [5.41, 5.74) is 1.96. The van der Waals surface area contributed by atoms with Gasteiger partial charge in [0, 0.05) is 6.54 Å². The number of para-hydroxylation sites is 1. The van der Waals surface area contributed by atoms with E-state index < -0.39 is 0 Å². The standard InChI is InChI=1S/C12H16N4/c1-2-8-13-9-11-10-14-16(15-11)12-6-4-3-5-7-12/h3-7,10,13H,2,8-9H2,1H3. The summed E-state index contributed by atoms with van der Waals surface area (Å²) in [6, 6.07) is 9.92. The van der Waals surface area contributed by atoms with Crippen molar-refractivity contribution in [2.75, 3.05) is 6.54 Å². The zero-order valence-corrected chi connectivity index (χ0v) is 9.43. The Morgan fingerprint density at radius 2 is 2.06 bits per heavy atom. The van der Waals surface area contributed by atoms with Gasteiger partial charge in [0.1, 0.15) is 0 Å². The molecule has 1 N–H and O–H groups in total. The van der Waals surface area contributed by atoms with Gasteiger partial charge in [-0.1, -0.05) is 25.1 Å². The summed E-state index contributed by atoms with van der Waals surface area (Å²) >= 11 is 0. The molecule has 1 heterocycles. The van der Waals surface area contributed by atoms with Gasteiger partial charge in [-0.3, -0.25) is 0 Å². The van der Waals surface area contributed by atoms with Gasteiger partial charge in [-0.2, -0.15) is 15.0 Å². The van der Waals surface area contributed by atoms with Crippen molar-refractivity contribution in [2.45, 2.75) is 19.9 Å². The van der Waals surface area contributed by atoms with Crippen LogP contribution in [0.25, 0.3) is 5.69 Å². The lowest BCUT2D eigenvalue weighted by Crippen LogP contribution is -2.14. The van der Waals surface area contributed by atoms with Crippen molar-refractivity contribution < 1.29 is 0 Å². The van der Waals surface area contributed by atoms with Gasteiger partial charge in [0.2, 0.25) is 0 Å². The Morgan fingerprint density at radius 1 is 1.25 bits per heavy atom. The fraction of sp³-hybridized carbons (Fsp3) is 0.333. The Kier molecular flexibility index (Phi) is 3.66. The van der Waals surface area contributed by atoms with E-state index in [4.69, 9.17) is 0 Å². The Bertz CT molecular complexity index is 422. The zero-order valence-electron chi connectivity index (χ0n) is 9.43. The lowest BCUT2D eigenvalue weighted by molar-refractivity contribution is 0.651. The van der Waals surface area contributed by atoms with E-state index in [0.717, 1.165) is 30.9 Å². The third kappa shape index (κ3) is 2.67. The minimum absolute atomic E-state index is 0.778. The van der Waals surface area contributed by atoms with E-state index in [1.807, 2.05) is 30.3 Å². The van der Waals surface area contributed by atoms with Crippen LogP contribution in [0.2, 0.25) is 0 Å². The molecule has 84 valence electrons. The second-order valence-corrected chi connectivity index (χ2v) is 3.64. The molecule has 16 heavy (non-hydrogen) atoms. The molecule has 0 atom stereocenters. The molecule has 0 aliphatic rings. The van der Waals surface area contributed by atoms with Crippen LogP contribution in [0.4, 0.5) is 0 Å². The Balaban J connectivity index is 2.02. The molecule has 0 bridgehead atoms. The van der Waals surface area contributed by atoms with Gasteiger partial charge in [0.15, 0.2) is 0 Å². The Morgan fingerprint density at radius 3 is 2.81 bits per heavy atom. The van der Waals surface area contributed by atoms with Crippen LogP contribution in [0.1, 0.15) is 19.0 Å². The van der Waals surface area contributed by atoms with Gasteiger partial charge in [-0.05, 0) is 25.1 Å². The maximum absolute atomic E-state index is 4.40. The first kappa shape index (κ1) is 10.8. The number of aromatic nitrogens is 3. The van der Waals surface area contributed by atoms with Crippen LogP contribution >= 0.6 is 0 Å². The molecule has 0 amide bonds. The first-order valence-electron chi connectivity index (χ1n) is 5.57. The highest BCUT2D eigenvalue weighted by Crippen LogP contribution is 2.03. The summed E-state index contributed by atoms with van der Waals surface area (Å²) in [6.45, 7) is 3.94. The van der Waals surface area contributed by atoms with Crippen molar-refractivity contribution in [3.8, 4) is 5.69 Å². The molecule has 0 aliphatic heterocycles. The van der Waals surface area contributed by atoms with Crippen molar-refractivity contribution in [1.29, 1.82) is 0 Å². The first-order valence-corrected chi connectivity index (χ1v) is 5.57. The molecule has 0 saturated heterocycles. The van der Waals surface area contributed by atoms with Crippen molar-refractivity contribution in [2.24, 2.45) is 0 Å². The molecule has 0 radical (unpaired) electrons. The molecule has 2 rings (SSSR count). The van der Waals surface area contributed by atoms with E-state index in [-0.39, 0.29) is 0 Å². The maximum Gasteiger partial charge on any atom is 0.0969 e. The highest BCUT2D eigenvalue weighted by Gasteiger charge is 2.01. The van der Waals surface area contributed by atoms with Crippen LogP contribution < -0.4 is 5.32 Å². The summed E-state index contributed by atoms with van der Waals surface area (Å²) in [4.78, 5) is 1.66. The fourth-order valence-corrected chi connectivity index (χ4v) is 1.45. The molecule has 0 unspecified atom stereocenters. The number of nitrogens with zero attached hydrogens (tertiary/aromatic N) is 3. The molecule has 4 nitrogen and oxygen atoms in total. The van der Waals surface area contributed by atoms with Gasteiger partial charge < -0.3 is 5.32 Å². The summed E-state index contributed by atoms with van der Waals surface area (Å²) in [6.07, 6.45) is 2.93. The fourth-order valence-electron chi connectivity index (χ4n) is 1.45. The largest absolute Gasteiger partial charge is 0.311 e. The molecule has 4 heteroatoms. The Hall–Kier alpha value is -1.68. The predicted octanol–water partition coefficient (Wildman–Crippen LogP) is 1.77. The normalized spacial score (nSPS) is 10.6. The number of benzene rings is 1. The molecule has 0 saturated carbocycles. The summed E-state index contributed by atoms with van der Waals surface area (Å²) < 4.78 is 0. The van der Waals surface area contributed by atoms with Gasteiger partial charge in [0.25, 0.3) is 0 Å². The van der Waals surface area contributed by atoms with Crippen molar-refractivity contribution in [3.63, 3.8) is 0 Å². The third-order valence-electron chi connectivity index (χ3n) is 2.26. The number of rotatable bonds is 5. The van der Waals surface area contributed by atoms with Crippen LogP contribution in [0.3, 0.4) is 0 Å². The van der Waals surface area contributed by atoms with Gasteiger partial charge in [-0.15, -0.1) is 0 Å². The van der Waals surface area contributed by atoms with Gasteiger partial charge >= 0.3 is 0 Å². The molecule has 0 aliphatic carbocycles. The number of nitrogens with one attached hydrogen (secondary N) is 1. The van der Waals surface area contributed by atoms with Crippen molar-refractivity contribution in [1.82, 2.24) is 20.3 Å². The number of hydrogen-bond acceptors (Lipinski definition) is 3. The van der Waals surface area contributed by atoms with E-state index in [9.17, 15) is 0 Å². The summed E-state index contributed by atoms with van der Waals surface area (Å²) in [7, 11) is 0. The van der Waals surface area contributed by atoms with Crippen molar-refractivity contribution >= 4 is 0 Å². The predicted molar refractivity (Wildman–Crippen MR) is 63.4 cm³/mol. The van der Waals surface area contributed by atoms with E-state index in [0.29, 0.717) is 0 Å². The minimum atomic E-state index is 0.778. The van der Waals surface area contributed by atoms with Crippen LogP contribution in [-0.4, -0.2) is 21.5 Å². The maximum atomic E-state index is 4.40. The van der Waals surface area contributed by atoms with Gasteiger partial charge in [-0.25, -0.2) is 0 Å². The monoisotopic (exact) mass is 216 g/mol. The highest BCUT2D eigenvalue weighted by molar-refractivity contribution is 5.28. The topological polar surface area (TPSA) is 42.7 Å². The molecule has 2 aromatic rings. The smallest absolute Gasteiger partial charge is 0.0969 e. The quantitative estimate of drug-likeness (QED) is 0.774. The molecule has 0 spiro atoms.